The van der Waals surface area contributed by atoms with Gasteiger partial charge in [0.15, 0.2) is 0 Å². The largest absolute Gasteiger partial charge is 0.361 e. The van der Waals surface area contributed by atoms with Crippen molar-refractivity contribution in [1.82, 2.24) is 20.9 Å². The normalized spacial score (nSPS) is 13.3. The van der Waals surface area contributed by atoms with Crippen LogP contribution in [0.5, 0.6) is 0 Å². The fourth-order valence-corrected chi connectivity index (χ4v) is 4.97. The second kappa shape index (κ2) is 10.3. The summed E-state index contributed by atoms with van der Waals surface area (Å²) < 4.78 is 1.10. The smallest absolute Gasteiger partial charge is 0.244 e. The summed E-state index contributed by atoms with van der Waals surface area (Å²) in [5.74, 6) is -0.842. The number of carbonyl (C=O) groups excluding carboxylic acids is 3. The molecule has 0 bridgehead atoms. The first-order valence-corrected chi connectivity index (χ1v) is 12.2. The molecule has 2 aromatic heterocycles. The number of fused-ring (bicyclic) bond motifs is 2. The molecule has 0 spiro atoms. The molecular formula is C26H29N5O3S. The lowest BCUT2D eigenvalue weighted by Gasteiger charge is -2.26. The minimum absolute atomic E-state index is 0.290. The number of aromatic amines is 1. The first-order chi connectivity index (χ1) is 16.8. The third kappa shape index (κ3) is 5.70. The Bertz CT molecular complexity index is 1350. The second-order valence-corrected chi connectivity index (χ2v) is 10.0. The highest BCUT2D eigenvalue weighted by atomic mass is 32.1. The molecule has 0 aliphatic heterocycles. The van der Waals surface area contributed by atoms with Crippen molar-refractivity contribution in [2.24, 2.45) is 5.73 Å². The molecule has 2 heterocycles. The Morgan fingerprint density at radius 2 is 1.74 bits per heavy atom. The summed E-state index contributed by atoms with van der Waals surface area (Å²) in [6.07, 6.45) is 2.42. The molecule has 0 saturated heterocycles. The maximum Gasteiger partial charge on any atom is 0.244 e. The second-order valence-electron chi connectivity index (χ2n) is 9.12. The number of H-pyrrole nitrogens is 1. The third-order valence-corrected chi connectivity index (χ3v) is 6.89. The molecule has 0 aliphatic rings. The van der Waals surface area contributed by atoms with Crippen molar-refractivity contribution in [3.05, 3.63) is 71.2 Å². The molecule has 4 aromatic rings. The van der Waals surface area contributed by atoms with Crippen molar-refractivity contribution in [1.29, 1.82) is 0 Å². The lowest BCUT2D eigenvalue weighted by atomic mass is 10.0. The molecule has 4 rings (SSSR count). The van der Waals surface area contributed by atoms with E-state index >= 15 is 0 Å². The molecule has 2 atom stereocenters. The monoisotopic (exact) mass is 491 g/mol. The summed E-state index contributed by atoms with van der Waals surface area (Å²) >= 11 is 1.59. The topological polar surface area (TPSA) is 129 Å². The van der Waals surface area contributed by atoms with Crippen molar-refractivity contribution >= 4 is 50.6 Å². The van der Waals surface area contributed by atoms with Gasteiger partial charge in [0, 0.05) is 34.6 Å². The molecule has 9 heteroatoms. The van der Waals surface area contributed by atoms with Crippen LogP contribution in [0.1, 0.15) is 25.0 Å². The fraction of sp³-hybridized carbons (Fsp3) is 0.269. The van der Waals surface area contributed by atoms with Crippen molar-refractivity contribution in [3.8, 4) is 0 Å². The lowest BCUT2D eigenvalue weighted by Crippen LogP contribution is -2.59. The molecule has 8 nitrogen and oxygen atoms in total. The third-order valence-electron chi connectivity index (χ3n) is 5.88. The van der Waals surface area contributed by atoms with E-state index in [1.54, 1.807) is 25.2 Å². The van der Waals surface area contributed by atoms with Crippen LogP contribution >= 0.6 is 11.3 Å². The van der Waals surface area contributed by atoms with Crippen LogP contribution in [0.3, 0.4) is 0 Å². The number of amides is 3. The van der Waals surface area contributed by atoms with Crippen LogP contribution in [0, 0.1) is 0 Å². The Kier molecular flexibility index (Phi) is 7.18. The highest BCUT2D eigenvalue weighted by Gasteiger charge is 2.30. The molecule has 2 aromatic carbocycles. The van der Waals surface area contributed by atoms with E-state index in [2.05, 4.69) is 20.9 Å². The first kappa shape index (κ1) is 24.4. The highest BCUT2D eigenvalue weighted by molar-refractivity contribution is 7.17. The molecule has 35 heavy (non-hydrogen) atoms. The number of nitrogens with two attached hydrogens (primary N) is 1. The minimum atomic E-state index is -1.15. The van der Waals surface area contributed by atoms with Crippen LogP contribution in [-0.2, 0) is 27.2 Å². The van der Waals surface area contributed by atoms with Crippen LogP contribution in [0.25, 0.3) is 21.0 Å². The van der Waals surface area contributed by atoms with E-state index in [9.17, 15) is 14.4 Å². The van der Waals surface area contributed by atoms with E-state index in [-0.39, 0.29) is 0 Å². The van der Waals surface area contributed by atoms with Crippen molar-refractivity contribution < 1.29 is 14.4 Å². The average molecular weight is 492 g/mol. The van der Waals surface area contributed by atoms with Crippen LogP contribution in [0.4, 0.5) is 0 Å². The predicted octanol–water partition coefficient (Wildman–Crippen LogP) is 2.58. The van der Waals surface area contributed by atoms with Gasteiger partial charge in [-0.25, -0.2) is 0 Å². The zero-order chi connectivity index (χ0) is 25.0. The van der Waals surface area contributed by atoms with Gasteiger partial charge in [0.05, 0.1) is 5.54 Å². The molecule has 3 amide bonds. The Hall–Kier alpha value is -3.69. The SMILES string of the molecule is CC(C)(N)C(=O)N[C@H](Cc1csc2ccccc12)C(=O)N[C@@H](Cc1c[nH]c2ccccc12)NC=O. The van der Waals surface area contributed by atoms with E-state index in [0.717, 1.165) is 32.1 Å². The maximum atomic E-state index is 13.4. The van der Waals surface area contributed by atoms with Gasteiger partial charge in [0.25, 0.3) is 0 Å². The van der Waals surface area contributed by atoms with E-state index in [1.807, 2.05) is 60.1 Å². The molecule has 0 radical (unpaired) electrons. The van der Waals surface area contributed by atoms with Crippen LogP contribution < -0.4 is 21.7 Å². The van der Waals surface area contributed by atoms with Gasteiger partial charge >= 0.3 is 0 Å². The number of hydrogen-bond acceptors (Lipinski definition) is 5. The fourth-order valence-electron chi connectivity index (χ4n) is 3.99. The Morgan fingerprint density at radius 3 is 2.49 bits per heavy atom. The number of carbonyl (C=O) groups is 3. The Morgan fingerprint density at radius 1 is 1.03 bits per heavy atom. The van der Waals surface area contributed by atoms with Gasteiger partial charge in [-0.1, -0.05) is 36.4 Å². The van der Waals surface area contributed by atoms with Crippen molar-refractivity contribution in [3.63, 3.8) is 0 Å². The van der Waals surface area contributed by atoms with Gasteiger partial charge in [-0.15, -0.1) is 11.3 Å². The van der Waals surface area contributed by atoms with Gasteiger partial charge < -0.3 is 26.7 Å². The number of benzene rings is 2. The number of aromatic nitrogens is 1. The molecular weight excluding hydrogens is 462 g/mol. The quantitative estimate of drug-likeness (QED) is 0.172. The van der Waals surface area contributed by atoms with E-state index in [0.29, 0.717) is 19.3 Å². The predicted molar refractivity (Wildman–Crippen MR) is 139 cm³/mol. The molecule has 0 aliphatic carbocycles. The average Bonchev–Trinajstić information content (AvgIpc) is 3.42. The Labute approximate surface area is 207 Å². The lowest BCUT2D eigenvalue weighted by molar-refractivity contribution is -0.131. The summed E-state index contributed by atoms with van der Waals surface area (Å²) in [4.78, 5) is 40.6. The molecule has 182 valence electrons. The van der Waals surface area contributed by atoms with Crippen LogP contribution in [-0.4, -0.2) is 41.0 Å². The molecule has 0 fully saturated rings. The van der Waals surface area contributed by atoms with Gasteiger partial charge in [0.1, 0.15) is 12.2 Å². The maximum absolute atomic E-state index is 13.4. The number of hydrogen-bond donors (Lipinski definition) is 5. The molecule has 6 N–H and O–H groups in total. The van der Waals surface area contributed by atoms with Gasteiger partial charge in [-0.3, -0.25) is 14.4 Å². The van der Waals surface area contributed by atoms with Gasteiger partial charge in [-0.05, 0) is 47.9 Å². The van der Waals surface area contributed by atoms with E-state index in [4.69, 9.17) is 5.73 Å². The molecule has 0 saturated carbocycles. The summed E-state index contributed by atoms with van der Waals surface area (Å²) in [7, 11) is 0. The zero-order valence-electron chi connectivity index (χ0n) is 19.6. The number of rotatable bonds is 10. The summed E-state index contributed by atoms with van der Waals surface area (Å²) in [6, 6.07) is 14.9. The van der Waals surface area contributed by atoms with Gasteiger partial charge in [0.2, 0.25) is 18.2 Å². The summed E-state index contributed by atoms with van der Waals surface area (Å²) in [5, 5.41) is 12.4. The van der Waals surface area contributed by atoms with Crippen LogP contribution in [0.2, 0.25) is 0 Å². The van der Waals surface area contributed by atoms with E-state index in [1.165, 1.54) is 0 Å². The van der Waals surface area contributed by atoms with Crippen molar-refractivity contribution in [2.75, 3.05) is 0 Å². The summed E-state index contributed by atoms with van der Waals surface area (Å²) in [6.45, 7) is 3.18. The number of nitrogens with one attached hydrogen (secondary N) is 4. The summed E-state index contributed by atoms with van der Waals surface area (Å²) in [5.41, 5.74) is 7.70. The van der Waals surface area contributed by atoms with Gasteiger partial charge in [-0.2, -0.15) is 0 Å². The standard InChI is InChI=1S/C26H29N5O3S/c1-26(2,27)25(34)30-21(11-17-14-35-22-10-6-4-8-19(17)22)24(33)31-23(29-15-32)12-16-13-28-20-9-5-3-7-18(16)20/h3-10,13-15,21,23,28H,11-12,27H2,1-2H3,(H,29,32)(H,30,34)(H,31,33)/t21-,23+/m1/s1. The zero-order valence-corrected chi connectivity index (χ0v) is 20.4. The first-order valence-electron chi connectivity index (χ1n) is 11.4. The van der Waals surface area contributed by atoms with Crippen molar-refractivity contribution in [2.45, 2.75) is 44.4 Å². The Balaban J connectivity index is 1.56. The number of para-hydroxylation sites is 1. The minimum Gasteiger partial charge on any atom is -0.361 e. The van der Waals surface area contributed by atoms with E-state index < -0.39 is 29.6 Å². The highest BCUT2D eigenvalue weighted by Crippen LogP contribution is 2.27. The molecule has 0 unspecified atom stereocenters. The van der Waals surface area contributed by atoms with Crippen LogP contribution in [0.15, 0.2) is 60.1 Å². The number of thiophene rings is 1.